The zero-order chi connectivity index (χ0) is 44.3. The van der Waals surface area contributed by atoms with E-state index in [-0.39, 0.29) is 11.9 Å². The molecule has 61 heavy (non-hydrogen) atoms. The topological polar surface area (TPSA) is 59.1 Å². The first-order chi connectivity index (χ1) is 30.0. The van der Waals surface area contributed by atoms with Crippen molar-refractivity contribution in [2.24, 2.45) is 11.8 Å². The van der Waals surface area contributed by atoms with E-state index in [1.54, 1.807) is 0 Å². The van der Waals surface area contributed by atoms with Crippen molar-refractivity contribution >= 4 is 11.9 Å². The first kappa shape index (κ1) is 57.9. The SMILES string of the molecule is CCCCCCCCC(CCCCCC)CC(=O)OCCCCCN(CCCCCOC(=O)CC(CCCCCC)CCCCCCCC)CCN(CC)C1CCCCCC1. The summed E-state index contributed by atoms with van der Waals surface area (Å²) in [6.07, 6.45) is 46.7. The Morgan fingerprint density at radius 2 is 0.787 bits per heavy atom. The van der Waals surface area contributed by atoms with Crippen molar-refractivity contribution in [3.8, 4) is 0 Å². The van der Waals surface area contributed by atoms with E-state index in [4.69, 9.17) is 9.47 Å². The molecule has 0 bridgehead atoms. The average Bonchev–Trinajstić information content (AvgIpc) is 3.55. The highest BCUT2D eigenvalue weighted by molar-refractivity contribution is 5.70. The van der Waals surface area contributed by atoms with E-state index in [0.717, 1.165) is 77.3 Å². The lowest BCUT2D eigenvalue weighted by Crippen LogP contribution is -2.41. The summed E-state index contributed by atoms with van der Waals surface area (Å²) in [5, 5.41) is 0. The van der Waals surface area contributed by atoms with Gasteiger partial charge in [-0.3, -0.25) is 14.5 Å². The first-order valence-electron chi connectivity index (χ1n) is 27.7. The van der Waals surface area contributed by atoms with Gasteiger partial charge in [-0.05, 0) is 109 Å². The molecule has 6 nitrogen and oxygen atoms in total. The largest absolute Gasteiger partial charge is 0.466 e. The molecule has 1 rings (SSSR count). The standard InChI is InChI=1S/C55H108N2O4/c1-6-11-15-19-21-29-39-51(37-27-17-13-8-3)49-54(58)60-47-35-25-33-43-56(45-46-57(10-5)53-41-31-23-24-32-42-53)44-34-26-36-48-61-55(59)50-52(38-28-18-14-9-4)40-30-22-20-16-12-7-2/h51-53H,6-50H2,1-5H3. The van der Waals surface area contributed by atoms with Gasteiger partial charge < -0.3 is 14.4 Å². The maximum Gasteiger partial charge on any atom is 0.306 e. The van der Waals surface area contributed by atoms with E-state index in [9.17, 15) is 9.59 Å². The Morgan fingerprint density at radius 3 is 1.18 bits per heavy atom. The summed E-state index contributed by atoms with van der Waals surface area (Å²) in [6.45, 7) is 18.3. The molecule has 0 aliphatic heterocycles. The molecular formula is C55H108N2O4. The lowest BCUT2D eigenvalue weighted by atomic mass is 9.91. The fourth-order valence-corrected chi connectivity index (χ4v) is 9.86. The van der Waals surface area contributed by atoms with Crippen molar-refractivity contribution in [3.05, 3.63) is 0 Å². The van der Waals surface area contributed by atoms with Crippen molar-refractivity contribution < 1.29 is 19.1 Å². The van der Waals surface area contributed by atoms with Crippen LogP contribution in [0.3, 0.4) is 0 Å². The van der Waals surface area contributed by atoms with Crippen LogP contribution in [0.4, 0.5) is 0 Å². The van der Waals surface area contributed by atoms with Crippen LogP contribution in [0.5, 0.6) is 0 Å². The highest BCUT2D eigenvalue weighted by Gasteiger charge is 2.20. The summed E-state index contributed by atoms with van der Waals surface area (Å²) in [4.78, 5) is 31.3. The molecule has 2 atom stereocenters. The summed E-state index contributed by atoms with van der Waals surface area (Å²) >= 11 is 0. The third-order valence-corrected chi connectivity index (χ3v) is 14.0. The van der Waals surface area contributed by atoms with Crippen molar-refractivity contribution in [3.63, 3.8) is 0 Å². The van der Waals surface area contributed by atoms with Crippen LogP contribution >= 0.6 is 0 Å². The number of unbranched alkanes of at least 4 members (excludes halogenated alkanes) is 20. The lowest BCUT2D eigenvalue weighted by molar-refractivity contribution is -0.146. The zero-order valence-electron chi connectivity index (χ0n) is 42.1. The van der Waals surface area contributed by atoms with Gasteiger partial charge in [-0.1, -0.05) is 189 Å². The molecule has 362 valence electrons. The predicted octanol–water partition coefficient (Wildman–Crippen LogP) is 16.2. The molecule has 0 amide bonds. The Bertz CT molecular complexity index is 879. The van der Waals surface area contributed by atoms with Crippen LogP contribution in [-0.4, -0.2) is 73.7 Å². The molecule has 1 fully saturated rings. The Morgan fingerprint density at radius 1 is 0.426 bits per heavy atom. The number of nitrogens with zero attached hydrogens (tertiary/aromatic N) is 2. The van der Waals surface area contributed by atoms with E-state index in [2.05, 4.69) is 44.4 Å². The van der Waals surface area contributed by atoms with Crippen LogP contribution < -0.4 is 0 Å². The minimum absolute atomic E-state index is 0.0346. The maximum atomic E-state index is 12.9. The van der Waals surface area contributed by atoms with Crippen LogP contribution in [0.25, 0.3) is 0 Å². The fourth-order valence-electron chi connectivity index (χ4n) is 9.86. The molecule has 0 N–H and O–H groups in total. The smallest absolute Gasteiger partial charge is 0.306 e. The zero-order valence-corrected chi connectivity index (χ0v) is 42.1. The Balaban J connectivity index is 2.53. The average molecular weight is 861 g/mol. The van der Waals surface area contributed by atoms with Gasteiger partial charge in [0.15, 0.2) is 0 Å². The van der Waals surface area contributed by atoms with Gasteiger partial charge in [-0.25, -0.2) is 0 Å². The van der Waals surface area contributed by atoms with Crippen LogP contribution in [-0.2, 0) is 19.1 Å². The predicted molar refractivity (Wildman–Crippen MR) is 265 cm³/mol. The van der Waals surface area contributed by atoms with Crippen molar-refractivity contribution in [2.75, 3.05) is 45.9 Å². The Labute approximate surface area is 382 Å². The van der Waals surface area contributed by atoms with E-state index < -0.39 is 0 Å². The molecule has 0 heterocycles. The highest BCUT2D eigenvalue weighted by atomic mass is 16.5. The molecular weight excluding hydrogens is 753 g/mol. The molecule has 1 aliphatic carbocycles. The van der Waals surface area contributed by atoms with Gasteiger partial charge in [0.1, 0.15) is 0 Å². The van der Waals surface area contributed by atoms with Gasteiger partial charge >= 0.3 is 11.9 Å². The number of hydrogen-bond donors (Lipinski definition) is 0. The van der Waals surface area contributed by atoms with E-state index >= 15 is 0 Å². The minimum atomic E-state index is 0.0346. The summed E-state index contributed by atoms with van der Waals surface area (Å²) < 4.78 is 11.7. The van der Waals surface area contributed by atoms with Gasteiger partial charge in [0.2, 0.25) is 0 Å². The summed E-state index contributed by atoms with van der Waals surface area (Å²) in [5.74, 6) is 1.06. The van der Waals surface area contributed by atoms with Gasteiger partial charge in [0.25, 0.3) is 0 Å². The molecule has 2 unspecified atom stereocenters. The number of carbonyl (C=O) groups excluding carboxylic acids is 2. The second-order valence-electron chi connectivity index (χ2n) is 19.6. The van der Waals surface area contributed by atoms with Gasteiger partial charge in [0.05, 0.1) is 13.2 Å². The van der Waals surface area contributed by atoms with E-state index in [1.807, 2.05) is 0 Å². The number of rotatable bonds is 45. The third-order valence-electron chi connectivity index (χ3n) is 14.0. The molecule has 0 radical (unpaired) electrons. The van der Waals surface area contributed by atoms with Crippen LogP contribution in [0, 0.1) is 11.8 Å². The fraction of sp³-hybridized carbons (Fsp3) is 0.964. The summed E-state index contributed by atoms with van der Waals surface area (Å²) in [5.41, 5.74) is 0. The number of carbonyl (C=O) groups is 2. The molecule has 0 saturated heterocycles. The molecule has 1 aliphatic rings. The molecule has 0 aromatic rings. The number of ether oxygens (including phenoxy) is 2. The normalized spacial score (nSPS) is 14.7. The van der Waals surface area contributed by atoms with E-state index in [1.165, 1.54) is 193 Å². The van der Waals surface area contributed by atoms with Crippen molar-refractivity contribution in [1.29, 1.82) is 0 Å². The quantitative estimate of drug-likeness (QED) is 0.0345. The van der Waals surface area contributed by atoms with Crippen molar-refractivity contribution in [1.82, 2.24) is 9.80 Å². The number of hydrogen-bond acceptors (Lipinski definition) is 6. The van der Waals surface area contributed by atoms with Crippen molar-refractivity contribution in [2.45, 2.75) is 285 Å². The Kier molecular flexibility index (Phi) is 41.8. The molecule has 6 heteroatoms. The van der Waals surface area contributed by atoms with Gasteiger partial charge in [0, 0.05) is 32.0 Å². The van der Waals surface area contributed by atoms with Crippen LogP contribution in [0.1, 0.15) is 279 Å². The van der Waals surface area contributed by atoms with Gasteiger partial charge in [-0.15, -0.1) is 0 Å². The summed E-state index contributed by atoms with van der Waals surface area (Å²) in [6, 6.07) is 0.752. The maximum absolute atomic E-state index is 12.9. The van der Waals surface area contributed by atoms with E-state index in [0.29, 0.717) is 37.9 Å². The summed E-state index contributed by atoms with van der Waals surface area (Å²) in [7, 11) is 0. The number of esters is 2. The monoisotopic (exact) mass is 861 g/mol. The first-order valence-corrected chi connectivity index (χ1v) is 27.7. The second-order valence-corrected chi connectivity index (χ2v) is 19.6. The molecule has 0 aromatic carbocycles. The molecule has 0 spiro atoms. The third kappa shape index (κ3) is 35.8. The van der Waals surface area contributed by atoms with Crippen LogP contribution in [0.15, 0.2) is 0 Å². The van der Waals surface area contributed by atoms with Crippen LogP contribution in [0.2, 0.25) is 0 Å². The minimum Gasteiger partial charge on any atom is -0.466 e. The van der Waals surface area contributed by atoms with Gasteiger partial charge in [-0.2, -0.15) is 0 Å². The lowest BCUT2D eigenvalue weighted by Gasteiger charge is -2.32. The number of likely N-dealkylation sites (N-methyl/N-ethyl adjacent to an activating group) is 1. The molecule has 0 aromatic heterocycles. The Hall–Kier alpha value is -1.14. The molecule has 1 saturated carbocycles. The highest BCUT2D eigenvalue weighted by Crippen LogP contribution is 2.25. The second kappa shape index (κ2) is 44.1.